The lowest BCUT2D eigenvalue weighted by molar-refractivity contribution is -0.120. The Balaban J connectivity index is 1.64. The van der Waals surface area contributed by atoms with E-state index < -0.39 is 0 Å². The molecular formula is C28H36N4O3. The molecule has 186 valence electrons. The first-order valence-electron chi connectivity index (χ1n) is 12.6. The van der Waals surface area contributed by atoms with Gasteiger partial charge in [-0.25, -0.2) is 0 Å². The van der Waals surface area contributed by atoms with Crippen molar-refractivity contribution in [3.05, 3.63) is 60.2 Å². The molecule has 3 rings (SSSR count). The molecule has 0 unspecified atom stereocenters. The molecule has 1 heterocycles. The second kappa shape index (κ2) is 13.5. The number of amides is 2. The summed E-state index contributed by atoms with van der Waals surface area (Å²) in [5.41, 5.74) is 1.49. The van der Waals surface area contributed by atoms with Crippen molar-refractivity contribution in [1.82, 2.24) is 9.80 Å². The number of hydrogen-bond donors (Lipinski definition) is 0. The number of benzene rings is 2. The van der Waals surface area contributed by atoms with E-state index in [1.54, 1.807) is 4.90 Å². The van der Waals surface area contributed by atoms with Crippen LogP contribution in [0.5, 0.6) is 5.75 Å². The summed E-state index contributed by atoms with van der Waals surface area (Å²) in [6.45, 7) is 7.47. The smallest absolute Gasteiger partial charge is 0.253 e. The van der Waals surface area contributed by atoms with Crippen molar-refractivity contribution in [3.63, 3.8) is 0 Å². The van der Waals surface area contributed by atoms with E-state index in [1.807, 2.05) is 66.4 Å². The van der Waals surface area contributed by atoms with E-state index in [4.69, 9.17) is 10.00 Å². The molecule has 0 bridgehead atoms. The molecule has 1 saturated heterocycles. The van der Waals surface area contributed by atoms with Crippen LogP contribution in [0.2, 0.25) is 0 Å². The fraction of sp³-hybridized carbons (Fsp3) is 0.464. The van der Waals surface area contributed by atoms with Gasteiger partial charge in [0.2, 0.25) is 5.91 Å². The summed E-state index contributed by atoms with van der Waals surface area (Å²) < 4.78 is 5.52. The molecule has 2 amide bonds. The van der Waals surface area contributed by atoms with Gasteiger partial charge in [0.25, 0.3) is 5.91 Å². The van der Waals surface area contributed by atoms with Crippen molar-refractivity contribution in [3.8, 4) is 11.8 Å². The Morgan fingerprint density at radius 3 is 2.31 bits per heavy atom. The molecule has 0 aliphatic carbocycles. The summed E-state index contributed by atoms with van der Waals surface area (Å²) in [5.74, 6) is 0.814. The molecule has 1 aliphatic rings. The maximum Gasteiger partial charge on any atom is 0.253 e. The first-order valence-corrected chi connectivity index (χ1v) is 12.6. The zero-order valence-electron chi connectivity index (χ0n) is 20.9. The average molecular weight is 477 g/mol. The minimum atomic E-state index is -0.0133. The van der Waals surface area contributed by atoms with Gasteiger partial charge >= 0.3 is 0 Å². The molecular weight excluding hydrogens is 440 g/mol. The van der Waals surface area contributed by atoms with Crippen molar-refractivity contribution >= 4 is 17.5 Å². The van der Waals surface area contributed by atoms with Crippen LogP contribution < -0.4 is 9.64 Å². The second-order valence-corrected chi connectivity index (χ2v) is 8.74. The normalized spacial score (nSPS) is 13.9. The van der Waals surface area contributed by atoms with Crippen molar-refractivity contribution in [2.45, 2.75) is 45.6 Å². The summed E-state index contributed by atoms with van der Waals surface area (Å²) in [6.07, 6.45) is 2.89. The minimum absolute atomic E-state index is 0.0133. The maximum atomic E-state index is 13.4. The summed E-state index contributed by atoms with van der Waals surface area (Å²) >= 11 is 0. The molecule has 0 N–H and O–H groups in total. The van der Waals surface area contributed by atoms with Gasteiger partial charge in [-0.05, 0) is 69.1 Å². The standard InChI is InChI=1S/C28H36N4O3/c1-3-18-31(24-15-20-30(21-16-24)28(34)23-9-6-5-7-10-23)22-27(33)32(19-8-17-29)25-11-13-26(14-12-25)35-4-2/h5-7,9-14,24H,3-4,8,15-16,18-22H2,1-2H3. The van der Waals surface area contributed by atoms with Gasteiger partial charge in [-0.1, -0.05) is 25.1 Å². The van der Waals surface area contributed by atoms with E-state index in [0.29, 0.717) is 32.8 Å². The number of carbonyl (C=O) groups excluding carboxylic acids is 2. The van der Waals surface area contributed by atoms with Gasteiger partial charge in [0.05, 0.1) is 25.6 Å². The van der Waals surface area contributed by atoms with Crippen LogP contribution in [0, 0.1) is 11.3 Å². The molecule has 7 heteroatoms. The maximum absolute atomic E-state index is 13.4. The van der Waals surface area contributed by atoms with Crippen molar-refractivity contribution < 1.29 is 14.3 Å². The molecule has 1 aliphatic heterocycles. The average Bonchev–Trinajstić information content (AvgIpc) is 2.90. The number of nitriles is 1. The molecule has 35 heavy (non-hydrogen) atoms. The third-order valence-corrected chi connectivity index (χ3v) is 6.35. The summed E-state index contributed by atoms with van der Waals surface area (Å²) in [6, 6.07) is 19.3. The molecule has 0 saturated carbocycles. The highest BCUT2D eigenvalue weighted by Crippen LogP contribution is 2.22. The Hall–Kier alpha value is -3.37. The number of piperidine rings is 1. The molecule has 2 aromatic carbocycles. The molecule has 0 radical (unpaired) electrons. The minimum Gasteiger partial charge on any atom is -0.494 e. The van der Waals surface area contributed by atoms with E-state index >= 15 is 0 Å². The van der Waals surface area contributed by atoms with Crippen LogP contribution in [0.3, 0.4) is 0 Å². The van der Waals surface area contributed by atoms with Crippen LogP contribution in [-0.2, 0) is 4.79 Å². The van der Waals surface area contributed by atoms with Crippen LogP contribution in [0.4, 0.5) is 5.69 Å². The van der Waals surface area contributed by atoms with Crippen molar-refractivity contribution in [1.29, 1.82) is 5.26 Å². The van der Waals surface area contributed by atoms with Crippen LogP contribution >= 0.6 is 0 Å². The number of rotatable bonds is 11. The highest BCUT2D eigenvalue weighted by molar-refractivity contribution is 5.95. The Labute approximate surface area is 208 Å². The molecule has 7 nitrogen and oxygen atoms in total. The number of nitrogens with zero attached hydrogens (tertiary/aromatic N) is 4. The van der Waals surface area contributed by atoms with Gasteiger partial charge in [-0.3, -0.25) is 14.5 Å². The number of carbonyl (C=O) groups is 2. The van der Waals surface area contributed by atoms with Gasteiger partial charge in [-0.2, -0.15) is 5.26 Å². The first-order chi connectivity index (χ1) is 17.1. The Bertz CT molecular complexity index is 980. The Morgan fingerprint density at radius 2 is 1.71 bits per heavy atom. The lowest BCUT2D eigenvalue weighted by Crippen LogP contribution is -2.50. The summed E-state index contributed by atoms with van der Waals surface area (Å²) in [4.78, 5) is 32.1. The van der Waals surface area contributed by atoms with Crippen LogP contribution in [0.25, 0.3) is 0 Å². The lowest BCUT2D eigenvalue weighted by Gasteiger charge is -2.39. The van der Waals surface area contributed by atoms with Crippen molar-refractivity contribution in [2.24, 2.45) is 0 Å². The van der Waals surface area contributed by atoms with E-state index in [9.17, 15) is 9.59 Å². The zero-order chi connectivity index (χ0) is 25.0. The zero-order valence-corrected chi connectivity index (χ0v) is 20.9. The summed E-state index contributed by atoms with van der Waals surface area (Å²) in [7, 11) is 0. The SMILES string of the molecule is CCCN(CC(=O)N(CCC#N)c1ccc(OCC)cc1)C1CCN(C(=O)c2ccccc2)CC1. The fourth-order valence-corrected chi connectivity index (χ4v) is 4.58. The van der Waals surface area contributed by atoms with E-state index in [-0.39, 0.29) is 24.3 Å². The van der Waals surface area contributed by atoms with Crippen LogP contribution in [0.1, 0.15) is 49.9 Å². The monoisotopic (exact) mass is 476 g/mol. The Kier molecular flexibility index (Phi) is 10.1. The quantitative estimate of drug-likeness (QED) is 0.482. The van der Waals surface area contributed by atoms with Gasteiger partial charge in [-0.15, -0.1) is 0 Å². The van der Waals surface area contributed by atoms with Crippen molar-refractivity contribution in [2.75, 3.05) is 44.2 Å². The van der Waals surface area contributed by atoms with Gasteiger partial charge in [0, 0.05) is 36.9 Å². The number of likely N-dealkylation sites (tertiary alicyclic amines) is 1. The molecule has 2 aromatic rings. The predicted octanol–water partition coefficient (Wildman–Crippen LogP) is 4.35. The number of anilines is 1. The largest absolute Gasteiger partial charge is 0.494 e. The van der Waals surface area contributed by atoms with Gasteiger partial charge < -0.3 is 14.5 Å². The molecule has 0 aromatic heterocycles. The fourth-order valence-electron chi connectivity index (χ4n) is 4.58. The van der Waals surface area contributed by atoms with E-state index in [2.05, 4.69) is 17.9 Å². The predicted molar refractivity (Wildman–Crippen MR) is 137 cm³/mol. The Morgan fingerprint density at radius 1 is 1.03 bits per heavy atom. The summed E-state index contributed by atoms with van der Waals surface area (Å²) in [5, 5.41) is 9.13. The topological polar surface area (TPSA) is 76.9 Å². The second-order valence-electron chi connectivity index (χ2n) is 8.74. The highest BCUT2D eigenvalue weighted by Gasteiger charge is 2.29. The molecule has 1 fully saturated rings. The lowest BCUT2D eigenvalue weighted by atomic mass is 10.0. The molecule has 0 atom stereocenters. The third kappa shape index (κ3) is 7.30. The van der Waals surface area contributed by atoms with E-state index in [0.717, 1.165) is 42.8 Å². The van der Waals surface area contributed by atoms with Gasteiger partial charge in [0.1, 0.15) is 5.75 Å². The number of ether oxygens (including phenoxy) is 1. The highest BCUT2D eigenvalue weighted by atomic mass is 16.5. The number of hydrogen-bond acceptors (Lipinski definition) is 5. The van der Waals surface area contributed by atoms with Gasteiger partial charge in [0.15, 0.2) is 0 Å². The van der Waals surface area contributed by atoms with E-state index in [1.165, 1.54) is 0 Å². The first kappa shape index (κ1) is 26.2. The molecule has 0 spiro atoms. The third-order valence-electron chi connectivity index (χ3n) is 6.35. The van der Waals surface area contributed by atoms with Crippen LogP contribution in [0.15, 0.2) is 54.6 Å². The van der Waals surface area contributed by atoms with Crippen LogP contribution in [-0.4, -0.2) is 67.0 Å².